The zero-order valence-electron chi connectivity index (χ0n) is 7.49. The highest BCUT2D eigenvalue weighted by molar-refractivity contribution is 5.69. The predicted molar refractivity (Wildman–Crippen MR) is 54.3 cm³/mol. The van der Waals surface area contributed by atoms with Gasteiger partial charge in [-0.25, -0.2) is 0 Å². The molecule has 0 atom stereocenters. The van der Waals surface area contributed by atoms with Crippen LogP contribution in [0.25, 0.3) is 11.1 Å². The molecule has 2 aromatic carbocycles. The van der Waals surface area contributed by atoms with Gasteiger partial charge in [0.05, 0.1) is 11.6 Å². The number of nitrogens with zero attached hydrogens (tertiary/aromatic N) is 1. The van der Waals surface area contributed by atoms with E-state index in [2.05, 4.69) is 18.2 Å². The van der Waals surface area contributed by atoms with Gasteiger partial charge in [0.25, 0.3) is 0 Å². The third-order valence-electron chi connectivity index (χ3n) is 2.01. The van der Waals surface area contributed by atoms with Crippen molar-refractivity contribution < 1.29 is 0 Å². The quantitative estimate of drug-likeness (QED) is 0.657. The van der Waals surface area contributed by atoms with Gasteiger partial charge in [-0.05, 0) is 29.3 Å². The standard InChI is InChI=1S/C13H7N/c14-10-12-8-4-5-9-13(12)11-6-2-1-3-7-11/h2-3,5-9H. The summed E-state index contributed by atoms with van der Waals surface area (Å²) in [7, 11) is 0. The van der Waals surface area contributed by atoms with Crippen molar-refractivity contribution in [1.82, 2.24) is 0 Å². The van der Waals surface area contributed by atoms with Crippen molar-refractivity contribution in [3.63, 3.8) is 0 Å². The number of hydrogen-bond donors (Lipinski definition) is 0. The average Bonchev–Trinajstić information content (AvgIpc) is 2.30. The molecule has 0 fully saturated rings. The Bertz CT molecular complexity index is 466. The van der Waals surface area contributed by atoms with Crippen LogP contribution in [0.2, 0.25) is 0 Å². The second-order valence-corrected chi connectivity index (χ2v) is 2.87. The Balaban J connectivity index is 2.58. The monoisotopic (exact) mass is 177 g/mol. The molecule has 2 aromatic rings. The van der Waals surface area contributed by atoms with Crippen molar-refractivity contribution >= 4 is 0 Å². The van der Waals surface area contributed by atoms with Crippen LogP contribution >= 0.6 is 0 Å². The zero-order chi connectivity index (χ0) is 9.80. The van der Waals surface area contributed by atoms with E-state index in [1.165, 1.54) is 0 Å². The van der Waals surface area contributed by atoms with Gasteiger partial charge in [-0.15, -0.1) is 0 Å². The molecule has 1 heteroatoms. The van der Waals surface area contributed by atoms with E-state index < -0.39 is 0 Å². The number of hydrogen-bond acceptors (Lipinski definition) is 1. The van der Waals surface area contributed by atoms with E-state index in [0.29, 0.717) is 5.56 Å². The molecule has 2 rings (SSSR count). The molecule has 0 aromatic heterocycles. The Labute approximate surface area is 83.2 Å². The molecule has 1 nitrogen and oxygen atoms in total. The number of benzene rings is 2. The summed E-state index contributed by atoms with van der Waals surface area (Å²) in [5, 5.41) is 8.90. The second-order valence-electron chi connectivity index (χ2n) is 2.87. The third-order valence-corrected chi connectivity index (χ3v) is 2.01. The largest absolute Gasteiger partial charge is 0.192 e. The van der Waals surface area contributed by atoms with Crippen molar-refractivity contribution in [2.45, 2.75) is 0 Å². The lowest BCUT2D eigenvalue weighted by Gasteiger charge is -2.02. The van der Waals surface area contributed by atoms with Gasteiger partial charge in [0.2, 0.25) is 0 Å². The zero-order valence-corrected chi connectivity index (χ0v) is 7.49. The van der Waals surface area contributed by atoms with E-state index >= 15 is 0 Å². The molecule has 2 radical (unpaired) electrons. The molecular formula is C13H7N. The van der Waals surface area contributed by atoms with Gasteiger partial charge in [-0.2, -0.15) is 5.26 Å². The summed E-state index contributed by atoms with van der Waals surface area (Å²) in [4.78, 5) is 0. The highest BCUT2D eigenvalue weighted by Gasteiger charge is 2.01. The highest BCUT2D eigenvalue weighted by atomic mass is 14.2. The normalized spacial score (nSPS) is 9.36. The molecule has 0 amide bonds. The van der Waals surface area contributed by atoms with E-state index in [-0.39, 0.29) is 0 Å². The van der Waals surface area contributed by atoms with Gasteiger partial charge in [0.1, 0.15) is 0 Å². The van der Waals surface area contributed by atoms with Gasteiger partial charge < -0.3 is 0 Å². The van der Waals surface area contributed by atoms with Crippen LogP contribution in [-0.4, -0.2) is 0 Å². The Morgan fingerprint density at radius 3 is 2.43 bits per heavy atom. The minimum atomic E-state index is 0.652. The molecule has 0 saturated heterocycles. The summed E-state index contributed by atoms with van der Waals surface area (Å²) >= 11 is 0. The van der Waals surface area contributed by atoms with Crippen LogP contribution in [0.1, 0.15) is 5.56 Å². The fourth-order valence-electron chi connectivity index (χ4n) is 1.34. The summed E-state index contributed by atoms with van der Waals surface area (Å²) < 4.78 is 0. The van der Waals surface area contributed by atoms with Crippen molar-refractivity contribution in [3.8, 4) is 17.2 Å². The number of nitriles is 1. The van der Waals surface area contributed by atoms with Crippen molar-refractivity contribution in [2.75, 3.05) is 0 Å². The van der Waals surface area contributed by atoms with Crippen molar-refractivity contribution in [2.24, 2.45) is 0 Å². The van der Waals surface area contributed by atoms with Crippen LogP contribution < -0.4 is 0 Å². The first-order valence-electron chi connectivity index (χ1n) is 4.28. The first-order chi connectivity index (χ1) is 6.92. The SMILES string of the molecule is N#Cc1c[c]ccc1-c1cc[c]cc1. The summed E-state index contributed by atoms with van der Waals surface area (Å²) in [5.74, 6) is 0. The summed E-state index contributed by atoms with van der Waals surface area (Å²) in [6, 6.07) is 21.0. The second kappa shape index (κ2) is 3.76. The molecule has 0 aliphatic carbocycles. The third kappa shape index (κ3) is 1.51. The molecule has 0 aliphatic rings. The maximum atomic E-state index is 8.90. The minimum Gasteiger partial charge on any atom is -0.192 e. The van der Waals surface area contributed by atoms with Crippen molar-refractivity contribution in [1.29, 1.82) is 5.26 Å². The first-order valence-corrected chi connectivity index (χ1v) is 4.28. The molecule has 0 saturated carbocycles. The average molecular weight is 177 g/mol. The Hall–Kier alpha value is -2.07. The van der Waals surface area contributed by atoms with Crippen LogP contribution in [0, 0.1) is 23.5 Å². The molecule has 0 N–H and O–H groups in total. The smallest absolute Gasteiger partial charge is 0.0998 e. The Kier molecular flexibility index (Phi) is 2.29. The maximum absolute atomic E-state index is 8.90. The lowest BCUT2D eigenvalue weighted by Crippen LogP contribution is -1.82. The van der Waals surface area contributed by atoms with Crippen LogP contribution in [0.3, 0.4) is 0 Å². The van der Waals surface area contributed by atoms with Crippen LogP contribution in [0.15, 0.2) is 42.5 Å². The minimum absolute atomic E-state index is 0.652. The van der Waals surface area contributed by atoms with E-state index in [9.17, 15) is 0 Å². The lowest BCUT2D eigenvalue weighted by atomic mass is 10.0. The van der Waals surface area contributed by atoms with Gasteiger partial charge in [-0.3, -0.25) is 0 Å². The predicted octanol–water partition coefficient (Wildman–Crippen LogP) is 2.83. The number of rotatable bonds is 1. The van der Waals surface area contributed by atoms with Gasteiger partial charge in [0.15, 0.2) is 0 Å². The molecule has 0 heterocycles. The molecule has 14 heavy (non-hydrogen) atoms. The molecular weight excluding hydrogens is 170 g/mol. The van der Waals surface area contributed by atoms with E-state index in [1.54, 1.807) is 6.07 Å². The Morgan fingerprint density at radius 2 is 1.71 bits per heavy atom. The van der Waals surface area contributed by atoms with Crippen molar-refractivity contribution in [3.05, 3.63) is 60.2 Å². The summed E-state index contributed by atoms with van der Waals surface area (Å²) in [5.41, 5.74) is 2.63. The summed E-state index contributed by atoms with van der Waals surface area (Å²) in [6.45, 7) is 0. The molecule has 0 unspecified atom stereocenters. The highest BCUT2D eigenvalue weighted by Crippen LogP contribution is 2.21. The van der Waals surface area contributed by atoms with Gasteiger partial charge in [-0.1, -0.05) is 36.4 Å². The van der Waals surface area contributed by atoms with E-state index in [4.69, 9.17) is 5.26 Å². The Morgan fingerprint density at radius 1 is 1.00 bits per heavy atom. The first kappa shape index (κ1) is 8.52. The lowest BCUT2D eigenvalue weighted by molar-refractivity contribution is 1.47. The molecule has 0 aliphatic heterocycles. The topological polar surface area (TPSA) is 23.8 Å². The fourth-order valence-corrected chi connectivity index (χ4v) is 1.34. The van der Waals surface area contributed by atoms with Crippen LogP contribution in [0.5, 0.6) is 0 Å². The van der Waals surface area contributed by atoms with E-state index in [1.807, 2.05) is 36.4 Å². The van der Waals surface area contributed by atoms with Crippen LogP contribution in [0.4, 0.5) is 0 Å². The maximum Gasteiger partial charge on any atom is 0.0998 e. The van der Waals surface area contributed by atoms with Crippen LogP contribution in [-0.2, 0) is 0 Å². The van der Waals surface area contributed by atoms with E-state index in [0.717, 1.165) is 11.1 Å². The fraction of sp³-hybridized carbons (Fsp3) is 0. The molecule has 0 spiro atoms. The molecule has 64 valence electrons. The molecule has 0 bridgehead atoms. The van der Waals surface area contributed by atoms with Gasteiger partial charge in [0, 0.05) is 0 Å². The van der Waals surface area contributed by atoms with Gasteiger partial charge >= 0.3 is 0 Å². The summed E-state index contributed by atoms with van der Waals surface area (Å²) in [6.07, 6.45) is 0.